The van der Waals surface area contributed by atoms with Crippen LogP contribution in [0.5, 0.6) is 0 Å². The Balaban J connectivity index is 1.87. The Labute approximate surface area is 127 Å². The number of carboxylic acid groups (broad SMARTS) is 1. The van der Waals surface area contributed by atoms with Crippen LogP contribution < -0.4 is 5.32 Å². The van der Waals surface area contributed by atoms with Crippen LogP contribution in [0, 0.1) is 11.8 Å². The summed E-state index contributed by atoms with van der Waals surface area (Å²) in [6.07, 6.45) is 3.87. The zero-order chi connectivity index (χ0) is 15.4. The molecule has 0 aliphatic heterocycles. The van der Waals surface area contributed by atoms with Crippen molar-refractivity contribution in [2.24, 2.45) is 11.8 Å². The Kier molecular flexibility index (Phi) is 5.40. The lowest BCUT2D eigenvalue weighted by Crippen LogP contribution is -2.35. The van der Waals surface area contributed by atoms with E-state index in [-0.39, 0.29) is 0 Å². The molecule has 0 spiro atoms. The molecule has 1 aromatic rings. The summed E-state index contributed by atoms with van der Waals surface area (Å²) in [5, 5.41) is 12.7. The van der Waals surface area contributed by atoms with Crippen molar-refractivity contribution < 1.29 is 9.90 Å². The summed E-state index contributed by atoms with van der Waals surface area (Å²) in [5.74, 6) is 0.410. The minimum Gasteiger partial charge on any atom is -0.481 e. The zero-order valence-corrected chi connectivity index (χ0v) is 13.3. The van der Waals surface area contributed by atoms with Gasteiger partial charge >= 0.3 is 5.97 Å². The largest absolute Gasteiger partial charge is 0.481 e. The Morgan fingerprint density at radius 2 is 1.76 bits per heavy atom. The number of hydrogen-bond donors (Lipinski definition) is 2. The van der Waals surface area contributed by atoms with Crippen LogP contribution in [0.2, 0.25) is 0 Å². The van der Waals surface area contributed by atoms with Gasteiger partial charge in [0.25, 0.3) is 0 Å². The summed E-state index contributed by atoms with van der Waals surface area (Å²) in [6.45, 7) is 7.27. The number of rotatable bonds is 5. The van der Waals surface area contributed by atoms with Crippen molar-refractivity contribution in [1.29, 1.82) is 0 Å². The first kappa shape index (κ1) is 16.0. The van der Waals surface area contributed by atoms with E-state index in [0.29, 0.717) is 6.04 Å². The molecule has 21 heavy (non-hydrogen) atoms. The van der Waals surface area contributed by atoms with Crippen LogP contribution in [0.4, 0.5) is 0 Å². The van der Waals surface area contributed by atoms with E-state index in [9.17, 15) is 4.79 Å². The molecule has 116 valence electrons. The molecule has 2 N–H and O–H groups in total. The van der Waals surface area contributed by atoms with Gasteiger partial charge in [-0.2, -0.15) is 0 Å². The second kappa shape index (κ2) is 7.08. The predicted octanol–water partition coefficient (Wildman–Crippen LogP) is 3.79. The number of aliphatic carboxylic acids is 1. The smallest absolute Gasteiger partial charge is 0.310 e. The Morgan fingerprint density at radius 3 is 2.29 bits per heavy atom. The number of hydrogen-bond acceptors (Lipinski definition) is 2. The quantitative estimate of drug-likeness (QED) is 0.867. The van der Waals surface area contributed by atoms with E-state index in [1.54, 1.807) is 6.92 Å². The van der Waals surface area contributed by atoms with Crippen LogP contribution >= 0.6 is 0 Å². The fourth-order valence-electron chi connectivity index (χ4n) is 3.44. The Hall–Kier alpha value is -1.35. The van der Waals surface area contributed by atoms with Gasteiger partial charge in [0.05, 0.1) is 5.92 Å². The van der Waals surface area contributed by atoms with Gasteiger partial charge in [-0.1, -0.05) is 38.1 Å². The van der Waals surface area contributed by atoms with Gasteiger partial charge in [-0.15, -0.1) is 0 Å². The second-order valence-corrected chi connectivity index (χ2v) is 6.80. The molecule has 3 unspecified atom stereocenters. The average molecular weight is 289 g/mol. The van der Waals surface area contributed by atoms with E-state index in [1.807, 2.05) is 24.3 Å². The normalized spacial score (nSPS) is 27.3. The zero-order valence-electron chi connectivity index (χ0n) is 13.3. The maximum atomic E-state index is 11.0. The third-order valence-electron chi connectivity index (χ3n) is 4.62. The standard InChI is InChI=1S/C18H27NO2/c1-12-8-13(2)10-17(9-12)19-11-15-4-6-16(7-5-15)14(3)18(20)21/h4-7,12-14,17,19H,8-11H2,1-3H3,(H,20,21). The van der Waals surface area contributed by atoms with Crippen molar-refractivity contribution in [2.45, 2.75) is 58.5 Å². The highest BCUT2D eigenvalue weighted by Gasteiger charge is 2.23. The summed E-state index contributed by atoms with van der Waals surface area (Å²) in [5.41, 5.74) is 2.09. The van der Waals surface area contributed by atoms with Crippen molar-refractivity contribution in [3.05, 3.63) is 35.4 Å². The van der Waals surface area contributed by atoms with Crippen LogP contribution in [0.15, 0.2) is 24.3 Å². The number of carbonyl (C=O) groups is 1. The molecule has 1 aliphatic carbocycles. The first-order chi connectivity index (χ1) is 9.95. The van der Waals surface area contributed by atoms with Crippen molar-refractivity contribution >= 4 is 5.97 Å². The van der Waals surface area contributed by atoms with Gasteiger partial charge in [-0.05, 0) is 49.1 Å². The highest BCUT2D eigenvalue weighted by molar-refractivity contribution is 5.75. The molecule has 0 aromatic heterocycles. The number of benzene rings is 1. The lowest BCUT2D eigenvalue weighted by Gasteiger charge is -2.32. The highest BCUT2D eigenvalue weighted by Crippen LogP contribution is 2.28. The predicted molar refractivity (Wildman–Crippen MR) is 85.3 cm³/mol. The van der Waals surface area contributed by atoms with E-state index in [1.165, 1.54) is 24.8 Å². The summed E-state index contributed by atoms with van der Waals surface area (Å²) < 4.78 is 0. The van der Waals surface area contributed by atoms with Gasteiger partial charge in [0.15, 0.2) is 0 Å². The first-order valence-corrected chi connectivity index (χ1v) is 8.00. The molecule has 1 saturated carbocycles. The lowest BCUT2D eigenvalue weighted by molar-refractivity contribution is -0.138. The first-order valence-electron chi connectivity index (χ1n) is 8.00. The van der Waals surface area contributed by atoms with Crippen molar-refractivity contribution in [3.8, 4) is 0 Å². The van der Waals surface area contributed by atoms with Gasteiger partial charge in [0.1, 0.15) is 0 Å². The molecular formula is C18H27NO2. The van der Waals surface area contributed by atoms with E-state index < -0.39 is 11.9 Å². The Morgan fingerprint density at radius 1 is 1.19 bits per heavy atom. The van der Waals surface area contributed by atoms with Crippen LogP contribution in [0.25, 0.3) is 0 Å². The summed E-state index contributed by atoms with van der Waals surface area (Å²) in [4.78, 5) is 11.0. The molecule has 0 saturated heterocycles. The monoisotopic (exact) mass is 289 g/mol. The van der Waals surface area contributed by atoms with Gasteiger partial charge < -0.3 is 10.4 Å². The molecule has 0 bridgehead atoms. The highest BCUT2D eigenvalue weighted by atomic mass is 16.4. The van der Waals surface area contributed by atoms with Crippen LogP contribution in [-0.4, -0.2) is 17.1 Å². The third-order valence-corrected chi connectivity index (χ3v) is 4.62. The molecular weight excluding hydrogens is 262 g/mol. The maximum Gasteiger partial charge on any atom is 0.310 e. The van der Waals surface area contributed by atoms with Gasteiger partial charge in [0, 0.05) is 12.6 Å². The molecule has 1 aromatic carbocycles. The average Bonchev–Trinajstić information content (AvgIpc) is 2.44. The number of nitrogens with one attached hydrogen (secondary N) is 1. The topological polar surface area (TPSA) is 49.3 Å². The Bertz CT molecular complexity index is 459. The minimum absolute atomic E-state index is 0.438. The van der Waals surface area contributed by atoms with E-state index in [2.05, 4.69) is 19.2 Å². The van der Waals surface area contributed by atoms with E-state index >= 15 is 0 Å². The van der Waals surface area contributed by atoms with Gasteiger partial charge in [-0.25, -0.2) is 0 Å². The SMILES string of the molecule is CC1CC(C)CC(NCc2ccc(C(C)C(=O)O)cc2)C1. The molecule has 0 amide bonds. The second-order valence-electron chi connectivity index (χ2n) is 6.80. The third kappa shape index (κ3) is 4.57. The fourth-order valence-corrected chi connectivity index (χ4v) is 3.44. The van der Waals surface area contributed by atoms with Crippen LogP contribution in [0.1, 0.15) is 57.1 Å². The molecule has 1 fully saturated rings. The van der Waals surface area contributed by atoms with Crippen molar-refractivity contribution in [3.63, 3.8) is 0 Å². The number of carboxylic acids is 1. The summed E-state index contributed by atoms with van der Waals surface area (Å²) in [7, 11) is 0. The van der Waals surface area contributed by atoms with Crippen molar-refractivity contribution in [2.75, 3.05) is 0 Å². The molecule has 2 rings (SSSR count). The molecule has 3 nitrogen and oxygen atoms in total. The van der Waals surface area contributed by atoms with Gasteiger partial charge in [-0.3, -0.25) is 4.79 Å². The molecule has 3 heteroatoms. The molecule has 1 aliphatic rings. The van der Waals surface area contributed by atoms with Crippen molar-refractivity contribution in [1.82, 2.24) is 5.32 Å². The molecule has 0 radical (unpaired) electrons. The van der Waals surface area contributed by atoms with E-state index in [0.717, 1.165) is 23.9 Å². The van der Waals surface area contributed by atoms with E-state index in [4.69, 9.17) is 5.11 Å². The van der Waals surface area contributed by atoms with Gasteiger partial charge in [0.2, 0.25) is 0 Å². The minimum atomic E-state index is -0.772. The van der Waals surface area contributed by atoms with Crippen LogP contribution in [0.3, 0.4) is 0 Å². The van der Waals surface area contributed by atoms with Crippen LogP contribution in [-0.2, 0) is 11.3 Å². The fraction of sp³-hybridized carbons (Fsp3) is 0.611. The molecule has 3 atom stereocenters. The molecule has 0 heterocycles. The lowest BCUT2D eigenvalue weighted by atomic mass is 9.80. The summed E-state index contributed by atoms with van der Waals surface area (Å²) in [6, 6.07) is 8.56. The maximum absolute atomic E-state index is 11.0. The summed E-state index contributed by atoms with van der Waals surface area (Å²) >= 11 is 0.